The normalized spacial score (nSPS) is 9.93. The molecule has 0 amide bonds. The summed E-state index contributed by atoms with van der Waals surface area (Å²) < 4.78 is 0. The van der Waals surface area contributed by atoms with Crippen LogP contribution in [0, 0.1) is 6.07 Å². The van der Waals surface area contributed by atoms with Crippen molar-refractivity contribution >= 4 is 17.3 Å². The lowest BCUT2D eigenvalue weighted by Gasteiger charge is -2.06. The summed E-state index contributed by atoms with van der Waals surface area (Å²) in [5.41, 5.74) is 2.27. The Kier molecular flexibility index (Phi) is 3.25. The molecule has 0 bridgehead atoms. The minimum Gasteiger partial charge on any atom is -0.381 e. The summed E-state index contributed by atoms with van der Waals surface area (Å²) in [6, 6.07) is 18.8. The van der Waals surface area contributed by atoms with E-state index in [9.17, 15) is 0 Å². The summed E-state index contributed by atoms with van der Waals surface area (Å²) in [5.74, 6) is 0. The van der Waals surface area contributed by atoms with E-state index in [1.54, 1.807) is 0 Å². The van der Waals surface area contributed by atoms with Gasteiger partial charge in [-0.3, -0.25) is 0 Å². The molecule has 0 spiro atoms. The van der Waals surface area contributed by atoms with E-state index in [0.29, 0.717) is 5.02 Å². The van der Waals surface area contributed by atoms with E-state index in [1.165, 1.54) is 5.56 Å². The van der Waals surface area contributed by atoms with Gasteiger partial charge in [0.15, 0.2) is 0 Å². The van der Waals surface area contributed by atoms with Crippen molar-refractivity contribution in [3.63, 3.8) is 0 Å². The Morgan fingerprint density at radius 1 is 1.13 bits per heavy atom. The van der Waals surface area contributed by atoms with Crippen LogP contribution in [0.15, 0.2) is 48.5 Å². The molecule has 75 valence electrons. The molecule has 1 N–H and O–H groups in total. The van der Waals surface area contributed by atoms with Gasteiger partial charge in [0.1, 0.15) is 0 Å². The van der Waals surface area contributed by atoms with Gasteiger partial charge in [0.05, 0.1) is 5.02 Å². The van der Waals surface area contributed by atoms with Crippen molar-refractivity contribution in [2.45, 2.75) is 6.54 Å². The number of nitrogens with one attached hydrogen (secondary N) is 1. The lowest BCUT2D eigenvalue weighted by molar-refractivity contribution is 1.15. The molecule has 0 aliphatic heterocycles. The third kappa shape index (κ3) is 3.00. The van der Waals surface area contributed by atoms with E-state index in [-0.39, 0.29) is 0 Å². The topological polar surface area (TPSA) is 12.0 Å². The summed E-state index contributed by atoms with van der Waals surface area (Å²) in [7, 11) is 0. The molecule has 0 fully saturated rings. The zero-order valence-electron chi connectivity index (χ0n) is 8.20. The molecule has 2 heteroatoms. The van der Waals surface area contributed by atoms with Gasteiger partial charge in [0.25, 0.3) is 0 Å². The summed E-state index contributed by atoms with van der Waals surface area (Å²) >= 11 is 5.83. The van der Waals surface area contributed by atoms with E-state index in [4.69, 9.17) is 11.6 Å². The zero-order valence-corrected chi connectivity index (χ0v) is 8.96. The fourth-order valence-corrected chi connectivity index (χ4v) is 1.53. The van der Waals surface area contributed by atoms with Crippen molar-refractivity contribution in [2.75, 3.05) is 5.32 Å². The van der Waals surface area contributed by atoms with Crippen molar-refractivity contribution in [1.29, 1.82) is 0 Å². The molecule has 1 nitrogen and oxygen atoms in total. The largest absolute Gasteiger partial charge is 0.381 e. The van der Waals surface area contributed by atoms with E-state index in [2.05, 4.69) is 23.5 Å². The predicted molar refractivity (Wildman–Crippen MR) is 64.1 cm³/mol. The second-order valence-corrected chi connectivity index (χ2v) is 3.67. The molecule has 0 aliphatic rings. The van der Waals surface area contributed by atoms with Gasteiger partial charge in [-0.1, -0.05) is 48.0 Å². The molecule has 1 radical (unpaired) electrons. The van der Waals surface area contributed by atoms with Gasteiger partial charge in [-0.25, -0.2) is 0 Å². The van der Waals surface area contributed by atoms with Crippen molar-refractivity contribution in [1.82, 2.24) is 0 Å². The maximum atomic E-state index is 5.83. The Morgan fingerprint density at radius 2 is 1.93 bits per heavy atom. The fourth-order valence-electron chi connectivity index (χ4n) is 1.35. The van der Waals surface area contributed by atoms with Crippen LogP contribution in [0.3, 0.4) is 0 Å². The van der Waals surface area contributed by atoms with Gasteiger partial charge >= 0.3 is 0 Å². The van der Waals surface area contributed by atoms with Crippen LogP contribution in [0.1, 0.15) is 5.56 Å². The number of hydrogen-bond donors (Lipinski definition) is 1. The standard InChI is InChI=1S/C13H11ClN/c14-12-7-4-8-13(9-12)15-10-11-5-2-1-3-6-11/h1-6,8-9,15H,10H2. The Labute approximate surface area is 94.7 Å². The van der Waals surface area contributed by atoms with Crippen molar-refractivity contribution in [2.24, 2.45) is 0 Å². The smallest absolute Gasteiger partial charge is 0.0505 e. The Bertz CT molecular complexity index is 426. The number of anilines is 1. The Hall–Kier alpha value is -1.47. The molecule has 2 aromatic carbocycles. The maximum Gasteiger partial charge on any atom is 0.0505 e. The first-order valence-corrected chi connectivity index (χ1v) is 5.17. The average molecular weight is 217 g/mol. The number of benzene rings is 2. The quantitative estimate of drug-likeness (QED) is 0.824. The molecule has 15 heavy (non-hydrogen) atoms. The molecule has 0 aliphatic carbocycles. The Morgan fingerprint density at radius 3 is 2.67 bits per heavy atom. The lowest BCUT2D eigenvalue weighted by Crippen LogP contribution is -1.98. The highest BCUT2D eigenvalue weighted by Crippen LogP contribution is 2.15. The minimum atomic E-state index is 0.632. The number of halogens is 1. The van der Waals surface area contributed by atoms with E-state index in [0.717, 1.165) is 12.2 Å². The van der Waals surface area contributed by atoms with Gasteiger partial charge in [-0.05, 0) is 17.7 Å². The van der Waals surface area contributed by atoms with E-state index < -0.39 is 0 Å². The average Bonchev–Trinajstić information content (AvgIpc) is 2.28. The van der Waals surface area contributed by atoms with Gasteiger partial charge in [-0.15, -0.1) is 0 Å². The summed E-state index contributed by atoms with van der Waals surface area (Å²) in [6.45, 7) is 0.807. The molecule has 0 unspecified atom stereocenters. The van der Waals surface area contributed by atoms with Gasteiger partial charge in [-0.2, -0.15) is 0 Å². The molecule has 0 aromatic heterocycles. The third-order valence-electron chi connectivity index (χ3n) is 2.11. The van der Waals surface area contributed by atoms with E-state index in [1.807, 2.05) is 36.4 Å². The first kappa shape index (κ1) is 10.1. The van der Waals surface area contributed by atoms with Crippen molar-refractivity contribution in [3.05, 3.63) is 65.2 Å². The molecular formula is C13H11ClN. The second-order valence-electron chi connectivity index (χ2n) is 3.26. The van der Waals surface area contributed by atoms with Crippen LogP contribution >= 0.6 is 11.6 Å². The first-order chi connectivity index (χ1) is 7.34. The van der Waals surface area contributed by atoms with Crippen LogP contribution in [-0.2, 0) is 6.54 Å². The second kappa shape index (κ2) is 4.85. The SMILES string of the molecule is Clc1[c]ccc(NCc2ccccc2)c1. The van der Waals surface area contributed by atoms with Gasteiger partial charge < -0.3 is 5.32 Å². The summed E-state index contributed by atoms with van der Waals surface area (Å²) in [5, 5.41) is 3.93. The van der Waals surface area contributed by atoms with Crippen LogP contribution < -0.4 is 5.32 Å². The molecule has 0 atom stereocenters. The van der Waals surface area contributed by atoms with Gasteiger partial charge in [0.2, 0.25) is 0 Å². The Balaban J connectivity index is 1.99. The highest BCUT2D eigenvalue weighted by atomic mass is 35.5. The zero-order chi connectivity index (χ0) is 10.5. The third-order valence-corrected chi connectivity index (χ3v) is 2.32. The number of rotatable bonds is 3. The van der Waals surface area contributed by atoms with Crippen molar-refractivity contribution in [3.8, 4) is 0 Å². The fraction of sp³-hybridized carbons (Fsp3) is 0.0769. The van der Waals surface area contributed by atoms with Crippen LogP contribution in [0.2, 0.25) is 5.02 Å². The molecule has 0 saturated heterocycles. The monoisotopic (exact) mass is 216 g/mol. The highest BCUT2D eigenvalue weighted by Gasteiger charge is 1.94. The van der Waals surface area contributed by atoms with Gasteiger partial charge in [0, 0.05) is 18.3 Å². The van der Waals surface area contributed by atoms with Crippen LogP contribution in [0.4, 0.5) is 5.69 Å². The van der Waals surface area contributed by atoms with Crippen LogP contribution in [0.5, 0.6) is 0 Å². The summed E-state index contributed by atoms with van der Waals surface area (Å²) in [6.07, 6.45) is 0. The highest BCUT2D eigenvalue weighted by molar-refractivity contribution is 6.30. The predicted octanol–water partition coefficient (Wildman–Crippen LogP) is 3.75. The van der Waals surface area contributed by atoms with Crippen molar-refractivity contribution < 1.29 is 0 Å². The lowest BCUT2D eigenvalue weighted by atomic mass is 10.2. The first-order valence-electron chi connectivity index (χ1n) is 4.79. The molecule has 2 rings (SSSR count). The van der Waals surface area contributed by atoms with Crippen LogP contribution in [-0.4, -0.2) is 0 Å². The molecule has 0 heterocycles. The van der Waals surface area contributed by atoms with E-state index >= 15 is 0 Å². The molecule has 2 aromatic rings. The summed E-state index contributed by atoms with van der Waals surface area (Å²) in [4.78, 5) is 0. The molecule has 0 saturated carbocycles. The molecular weight excluding hydrogens is 206 g/mol. The number of hydrogen-bond acceptors (Lipinski definition) is 1. The minimum absolute atomic E-state index is 0.632. The van der Waals surface area contributed by atoms with Crippen LogP contribution in [0.25, 0.3) is 0 Å². The maximum absolute atomic E-state index is 5.83.